The topological polar surface area (TPSA) is 71.0 Å². The van der Waals surface area contributed by atoms with E-state index in [9.17, 15) is 9.18 Å². The number of benzene rings is 1. The molecule has 8 nitrogen and oxygen atoms in total. The molecule has 3 atom stereocenters. The predicted molar refractivity (Wildman–Crippen MR) is 152 cm³/mol. The molecule has 4 fully saturated rings. The van der Waals surface area contributed by atoms with Crippen molar-refractivity contribution in [3.05, 3.63) is 22.4 Å². The van der Waals surface area contributed by atoms with Crippen LogP contribution in [0, 0.1) is 11.2 Å². The van der Waals surface area contributed by atoms with Crippen LogP contribution in [-0.4, -0.2) is 89.0 Å². The van der Waals surface area contributed by atoms with Gasteiger partial charge in [-0.05, 0) is 93.9 Å². The van der Waals surface area contributed by atoms with Crippen molar-refractivity contribution in [2.75, 3.05) is 44.2 Å². The van der Waals surface area contributed by atoms with Gasteiger partial charge in [0, 0.05) is 37.0 Å². The second kappa shape index (κ2) is 10.5. The summed E-state index contributed by atoms with van der Waals surface area (Å²) in [5, 5.41) is 0.613. The molecule has 11 heteroatoms. The van der Waals surface area contributed by atoms with Crippen molar-refractivity contribution in [3.8, 4) is 6.01 Å². The minimum absolute atomic E-state index is 0.0121. The van der Waals surface area contributed by atoms with Gasteiger partial charge in [0.1, 0.15) is 23.1 Å². The van der Waals surface area contributed by atoms with Gasteiger partial charge in [-0.15, -0.1) is 0 Å². The van der Waals surface area contributed by atoms with Crippen LogP contribution in [0.25, 0.3) is 10.9 Å². The average Bonchev–Trinajstić information content (AvgIpc) is 3.60. The molecule has 1 saturated carbocycles. The van der Waals surface area contributed by atoms with E-state index in [1.54, 1.807) is 6.07 Å². The third-order valence-corrected chi connectivity index (χ3v) is 9.19. The van der Waals surface area contributed by atoms with Crippen molar-refractivity contribution in [3.63, 3.8) is 0 Å². The number of carbonyl (C=O) groups is 1. The van der Waals surface area contributed by atoms with Gasteiger partial charge in [-0.1, -0.05) is 0 Å². The number of hydrogen-bond acceptors (Lipinski definition) is 7. The molecule has 0 radical (unpaired) electrons. The quantitative estimate of drug-likeness (QED) is 0.409. The highest BCUT2D eigenvalue weighted by molar-refractivity contribution is 9.10. The molecule has 2 bridgehead atoms. The molecule has 40 heavy (non-hydrogen) atoms. The fraction of sp³-hybridized carbons (Fsp3) is 0.690. The van der Waals surface area contributed by atoms with Crippen LogP contribution in [0.2, 0.25) is 0 Å². The first-order valence-electron chi connectivity index (χ1n) is 14.4. The smallest absolute Gasteiger partial charge is 0.410 e. The van der Waals surface area contributed by atoms with Gasteiger partial charge in [-0.3, -0.25) is 9.80 Å². The van der Waals surface area contributed by atoms with Crippen molar-refractivity contribution >= 4 is 38.7 Å². The SMILES string of the molecule is CC(C)(C)OC(=O)N1C2CCC1CN(c1nc(OCC3(CN4CCCC(F)C4)CC3)nc3c(F)c(Br)ccc13)C2. The van der Waals surface area contributed by atoms with Crippen molar-refractivity contribution in [2.45, 2.75) is 83.2 Å². The lowest BCUT2D eigenvalue weighted by Crippen LogP contribution is -2.57. The molecule has 2 aromatic rings. The number of amides is 1. The largest absolute Gasteiger partial charge is 0.463 e. The van der Waals surface area contributed by atoms with Gasteiger partial charge in [0.25, 0.3) is 0 Å². The molecule has 0 spiro atoms. The molecule has 1 aromatic carbocycles. The summed E-state index contributed by atoms with van der Waals surface area (Å²) in [5.74, 6) is 0.165. The number of aromatic nitrogens is 2. The van der Waals surface area contributed by atoms with Crippen LogP contribution in [0.4, 0.5) is 19.4 Å². The number of likely N-dealkylation sites (tertiary alicyclic amines) is 1. The van der Waals surface area contributed by atoms with Gasteiger partial charge >= 0.3 is 12.1 Å². The van der Waals surface area contributed by atoms with Gasteiger partial charge in [-0.2, -0.15) is 9.97 Å². The summed E-state index contributed by atoms with van der Waals surface area (Å²) >= 11 is 3.30. The molecule has 1 aliphatic carbocycles. The van der Waals surface area contributed by atoms with Crippen molar-refractivity contribution in [1.29, 1.82) is 0 Å². The molecular weight excluding hydrogens is 584 g/mol. The van der Waals surface area contributed by atoms with E-state index in [0.29, 0.717) is 48.3 Å². The van der Waals surface area contributed by atoms with Crippen LogP contribution in [0.1, 0.15) is 59.3 Å². The Hall–Kier alpha value is -2.27. The normalized spacial score (nSPS) is 26.3. The van der Waals surface area contributed by atoms with E-state index in [1.165, 1.54) is 0 Å². The maximum atomic E-state index is 15.3. The van der Waals surface area contributed by atoms with Crippen molar-refractivity contribution < 1.29 is 23.0 Å². The highest BCUT2D eigenvalue weighted by Crippen LogP contribution is 2.47. The fourth-order valence-corrected chi connectivity index (χ4v) is 6.77. The second-order valence-corrected chi connectivity index (χ2v) is 13.9. The Balaban J connectivity index is 1.23. The number of nitrogens with zero attached hydrogens (tertiary/aromatic N) is 5. The zero-order valence-corrected chi connectivity index (χ0v) is 25.1. The summed E-state index contributed by atoms with van der Waals surface area (Å²) in [6.45, 7) is 9.37. The molecule has 4 aliphatic rings. The first-order valence-corrected chi connectivity index (χ1v) is 15.2. The number of piperidine rings is 1. The highest BCUT2D eigenvalue weighted by Gasteiger charge is 2.47. The third kappa shape index (κ3) is 5.73. The summed E-state index contributed by atoms with van der Waals surface area (Å²) in [6.07, 6.45) is 4.26. The number of carbonyl (C=O) groups excluding carboxylic acids is 1. The molecule has 1 aromatic heterocycles. The summed E-state index contributed by atoms with van der Waals surface area (Å²) < 4.78 is 41.5. The number of anilines is 1. The Labute approximate surface area is 242 Å². The lowest BCUT2D eigenvalue weighted by atomic mass is 10.0. The van der Waals surface area contributed by atoms with Crippen LogP contribution in [0.15, 0.2) is 16.6 Å². The van der Waals surface area contributed by atoms with E-state index in [-0.39, 0.29) is 35.1 Å². The number of halogens is 3. The number of rotatable bonds is 6. The second-order valence-electron chi connectivity index (χ2n) is 13.0. The number of ether oxygens (including phenoxy) is 2. The Bertz CT molecular complexity index is 1270. The maximum absolute atomic E-state index is 15.3. The van der Waals surface area contributed by atoms with E-state index in [4.69, 9.17) is 14.5 Å². The van der Waals surface area contributed by atoms with Gasteiger partial charge in [-0.25, -0.2) is 13.6 Å². The highest BCUT2D eigenvalue weighted by atomic mass is 79.9. The van der Waals surface area contributed by atoms with Crippen LogP contribution < -0.4 is 9.64 Å². The van der Waals surface area contributed by atoms with E-state index in [0.717, 1.165) is 45.2 Å². The number of fused-ring (bicyclic) bond motifs is 3. The lowest BCUT2D eigenvalue weighted by molar-refractivity contribution is 0.0123. The molecule has 1 amide bonds. The zero-order valence-electron chi connectivity index (χ0n) is 23.5. The molecule has 3 unspecified atom stereocenters. The van der Waals surface area contributed by atoms with Crippen LogP contribution >= 0.6 is 15.9 Å². The molecule has 3 saturated heterocycles. The Morgan fingerprint density at radius 2 is 1.85 bits per heavy atom. The average molecular weight is 623 g/mol. The van der Waals surface area contributed by atoms with E-state index in [2.05, 4.69) is 30.7 Å². The molecule has 0 N–H and O–H groups in total. The fourth-order valence-electron chi connectivity index (χ4n) is 6.45. The Kier molecular flexibility index (Phi) is 7.34. The van der Waals surface area contributed by atoms with Gasteiger partial charge in [0.2, 0.25) is 0 Å². The maximum Gasteiger partial charge on any atom is 0.410 e. The van der Waals surface area contributed by atoms with Crippen molar-refractivity contribution in [2.24, 2.45) is 5.41 Å². The molecule has 4 heterocycles. The first kappa shape index (κ1) is 27.9. The predicted octanol–water partition coefficient (Wildman–Crippen LogP) is 5.71. The van der Waals surface area contributed by atoms with Gasteiger partial charge in [0.05, 0.1) is 23.2 Å². The number of hydrogen-bond donors (Lipinski definition) is 0. The third-order valence-electron chi connectivity index (χ3n) is 8.58. The minimum Gasteiger partial charge on any atom is -0.463 e. The molecule has 218 valence electrons. The van der Waals surface area contributed by atoms with E-state index < -0.39 is 17.6 Å². The van der Waals surface area contributed by atoms with Crippen LogP contribution in [0.3, 0.4) is 0 Å². The summed E-state index contributed by atoms with van der Waals surface area (Å²) in [5.41, 5.74) is -0.394. The minimum atomic E-state index is -0.760. The summed E-state index contributed by atoms with van der Waals surface area (Å²) in [6, 6.07) is 3.63. The van der Waals surface area contributed by atoms with Crippen LogP contribution in [-0.2, 0) is 4.74 Å². The Morgan fingerprint density at radius 1 is 1.12 bits per heavy atom. The molecular formula is C29H38BrF2N5O3. The summed E-state index contributed by atoms with van der Waals surface area (Å²) in [7, 11) is 0. The van der Waals surface area contributed by atoms with E-state index in [1.807, 2.05) is 31.7 Å². The first-order chi connectivity index (χ1) is 19.0. The Morgan fingerprint density at radius 3 is 2.50 bits per heavy atom. The number of piperazine rings is 1. The number of alkyl halides is 1. The lowest BCUT2D eigenvalue weighted by Gasteiger charge is -2.42. The zero-order chi connectivity index (χ0) is 28.2. The monoisotopic (exact) mass is 621 g/mol. The summed E-state index contributed by atoms with van der Waals surface area (Å²) in [4.78, 5) is 28.5. The van der Waals surface area contributed by atoms with Gasteiger partial charge < -0.3 is 14.4 Å². The van der Waals surface area contributed by atoms with E-state index >= 15 is 4.39 Å². The molecule has 6 rings (SSSR count). The van der Waals surface area contributed by atoms with Crippen molar-refractivity contribution in [1.82, 2.24) is 19.8 Å². The standard InChI is InChI=1S/C29H38BrF2N5O3/c1-28(2,3)40-27(38)37-19-6-7-20(37)15-36(14-19)25-21-8-9-22(30)23(32)24(21)33-26(34-25)39-17-29(10-11-29)16-35-12-4-5-18(31)13-35/h8-9,18-20H,4-7,10-17H2,1-3H3. The van der Waals surface area contributed by atoms with Crippen LogP contribution in [0.5, 0.6) is 6.01 Å². The molecule has 3 aliphatic heterocycles. The van der Waals surface area contributed by atoms with Gasteiger partial charge in [0.15, 0.2) is 5.82 Å².